The summed E-state index contributed by atoms with van der Waals surface area (Å²) < 4.78 is 27.5. The van der Waals surface area contributed by atoms with E-state index in [4.69, 9.17) is 4.18 Å². The highest BCUT2D eigenvalue weighted by Gasteiger charge is 2.54. The van der Waals surface area contributed by atoms with E-state index in [2.05, 4.69) is 0 Å². The van der Waals surface area contributed by atoms with Crippen LogP contribution in [-0.2, 0) is 19.1 Å². The Labute approximate surface area is 95.5 Å². The highest BCUT2D eigenvalue weighted by atomic mass is 32.2. The van der Waals surface area contributed by atoms with E-state index in [1.54, 1.807) is 0 Å². The van der Waals surface area contributed by atoms with Crippen LogP contribution in [-0.4, -0.2) is 26.6 Å². The van der Waals surface area contributed by atoms with Gasteiger partial charge in [-0.25, -0.2) is 0 Å². The topological polar surface area (TPSA) is 60.4 Å². The van der Waals surface area contributed by atoms with Crippen molar-refractivity contribution >= 4 is 15.9 Å². The standard InChI is InChI=1S/C11H16O4S/c1-16(13,14)15-11-8-3-6-2-7(5-8)10(12)9(11)4-6/h6-9,11H,2-5H2,1H3/t6-,7+,8+,9-,11-/m1/s1. The molecular formula is C11H16O4S. The third kappa shape index (κ3) is 1.61. The molecule has 4 nitrogen and oxygen atoms in total. The highest BCUT2D eigenvalue weighted by molar-refractivity contribution is 7.86. The molecular weight excluding hydrogens is 228 g/mol. The summed E-state index contributed by atoms with van der Waals surface area (Å²) in [4.78, 5) is 12.0. The molecule has 4 bridgehead atoms. The number of rotatable bonds is 2. The Hall–Kier alpha value is -0.420. The zero-order chi connectivity index (χ0) is 11.5. The van der Waals surface area contributed by atoms with Crippen molar-refractivity contribution in [2.75, 3.05) is 6.26 Å². The van der Waals surface area contributed by atoms with Gasteiger partial charge in [0.05, 0.1) is 12.4 Å². The average molecular weight is 244 g/mol. The van der Waals surface area contributed by atoms with Crippen LogP contribution in [0.5, 0.6) is 0 Å². The van der Waals surface area contributed by atoms with Crippen molar-refractivity contribution in [1.82, 2.24) is 0 Å². The fourth-order valence-electron chi connectivity index (χ4n) is 3.93. The highest BCUT2D eigenvalue weighted by Crippen LogP contribution is 2.53. The van der Waals surface area contributed by atoms with Crippen LogP contribution in [0.4, 0.5) is 0 Å². The largest absolute Gasteiger partial charge is 0.299 e. The first-order valence-corrected chi connectivity index (χ1v) is 7.67. The summed E-state index contributed by atoms with van der Waals surface area (Å²) in [6, 6.07) is 0. The molecule has 0 N–H and O–H groups in total. The van der Waals surface area contributed by atoms with Crippen LogP contribution in [0.15, 0.2) is 0 Å². The molecule has 4 aliphatic carbocycles. The second-order valence-corrected chi connectivity index (χ2v) is 7.14. The maximum absolute atomic E-state index is 12.0. The molecule has 4 saturated carbocycles. The van der Waals surface area contributed by atoms with Crippen molar-refractivity contribution in [1.29, 1.82) is 0 Å². The molecule has 0 aromatic heterocycles. The van der Waals surface area contributed by atoms with Crippen molar-refractivity contribution < 1.29 is 17.4 Å². The zero-order valence-electron chi connectivity index (χ0n) is 9.26. The molecule has 0 aliphatic heterocycles. The molecule has 0 amide bonds. The number of carbonyl (C=O) groups is 1. The number of hydrogen-bond donors (Lipinski definition) is 0. The molecule has 5 atom stereocenters. The Bertz CT molecular complexity index is 427. The van der Waals surface area contributed by atoms with Gasteiger partial charge >= 0.3 is 0 Å². The molecule has 0 aromatic carbocycles. The number of ketones is 1. The minimum Gasteiger partial charge on any atom is -0.299 e. The summed E-state index contributed by atoms with van der Waals surface area (Å²) in [6.45, 7) is 0. The number of Topliss-reactive ketones (excluding diaryl/α,β-unsaturated/α-hetero) is 1. The molecule has 0 radical (unpaired) electrons. The first-order chi connectivity index (χ1) is 7.44. The van der Waals surface area contributed by atoms with Crippen molar-refractivity contribution in [3.8, 4) is 0 Å². The maximum atomic E-state index is 12.0. The molecule has 4 aliphatic rings. The second kappa shape index (κ2) is 3.29. The molecule has 16 heavy (non-hydrogen) atoms. The van der Waals surface area contributed by atoms with Crippen LogP contribution >= 0.6 is 0 Å². The molecule has 0 unspecified atom stereocenters. The Morgan fingerprint density at radius 1 is 1.19 bits per heavy atom. The Morgan fingerprint density at radius 2 is 1.94 bits per heavy atom. The first kappa shape index (κ1) is 10.7. The van der Waals surface area contributed by atoms with Gasteiger partial charge in [0.1, 0.15) is 5.78 Å². The van der Waals surface area contributed by atoms with E-state index >= 15 is 0 Å². The smallest absolute Gasteiger partial charge is 0.264 e. The van der Waals surface area contributed by atoms with Gasteiger partial charge in [0.15, 0.2) is 0 Å². The lowest BCUT2D eigenvalue weighted by atomic mass is 9.54. The van der Waals surface area contributed by atoms with Crippen LogP contribution in [0, 0.1) is 23.7 Å². The van der Waals surface area contributed by atoms with Gasteiger partial charge in [-0.05, 0) is 37.5 Å². The first-order valence-electron chi connectivity index (χ1n) is 5.86. The predicted molar refractivity (Wildman–Crippen MR) is 57.2 cm³/mol. The van der Waals surface area contributed by atoms with Crippen LogP contribution in [0.25, 0.3) is 0 Å². The van der Waals surface area contributed by atoms with Crippen LogP contribution in [0.1, 0.15) is 25.7 Å². The van der Waals surface area contributed by atoms with Gasteiger partial charge in [-0.15, -0.1) is 0 Å². The molecule has 90 valence electrons. The van der Waals surface area contributed by atoms with Gasteiger partial charge in [-0.2, -0.15) is 8.42 Å². The molecule has 0 saturated heterocycles. The summed E-state index contributed by atoms with van der Waals surface area (Å²) >= 11 is 0. The van der Waals surface area contributed by atoms with E-state index in [1.807, 2.05) is 0 Å². The van der Waals surface area contributed by atoms with E-state index in [0.29, 0.717) is 5.92 Å². The number of hydrogen-bond acceptors (Lipinski definition) is 4. The van der Waals surface area contributed by atoms with Crippen LogP contribution in [0.2, 0.25) is 0 Å². The number of carbonyl (C=O) groups excluding carboxylic acids is 1. The fraction of sp³-hybridized carbons (Fsp3) is 0.909. The van der Waals surface area contributed by atoms with E-state index in [9.17, 15) is 13.2 Å². The molecule has 0 heterocycles. The van der Waals surface area contributed by atoms with Crippen LogP contribution in [0.3, 0.4) is 0 Å². The predicted octanol–water partition coefficient (Wildman–Crippen LogP) is 0.966. The normalized spacial score (nSPS) is 46.3. The summed E-state index contributed by atoms with van der Waals surface area (Å²) in [5.74, 6) is 1.22. The van der Waals surface area contributed by atoms with Crippen molar-refractivity contribution in [2.45, 2.75) is 31.8 Å². The van der Waals surface area contributed by atoms with Gasteiger partial charge in [0.2, 0.25) is 0 Å². The third-order valence-corrected chi connectivity index (χ3v) is 4.92. The van der Waals surface area contributed by atoms with Crippen LogP contribution < -0.4 is 0 Å². The quantitative estimate of drug-likeness (QED) is 0.679. The lowest BCUT2D eigenvalue weighted by Gasteiger charge is -2.52. The lowest BCUT2D eigenvalue weighted by Crippen LogP contribution is -2.55. The minimum absolute atomic E-state index is 0.147. The van der Waals surface area contributed by atoms with Gasteiger partial charge in [-0.1, -0.05) is 0 Å². The van der Waals surface area contributed by atoms with Gasteiger partial charge in [-0.3, -0.25) is 8.98 Å². The van der Waals surface area contributed by atoms with Gasteiger partial charge in [0.25, 0.3) is 10.1 Å². The van der Waals surface area contributed by atoms with Crippen molar-refractivity contribution in [3.05, 3.63) is 0 Å². The molecule has 4 fully saturated rings. The van der Waals surface area contributed by atoms with Gasteiger partial charge in [0, 0.05) is 11.8 Å². The Kier molecular flexibility index (Phi) is 2.20. The summed E-state index contributed by atoms with van der Waals surface area (Å²) in [5.41, 5.74) is 0. The Balaban J connectivity index is 1.88. The molecule has 4 rings (SSSR count). The van der Waals surface area contributed by atoms with Crippen molar-refractivity contribution in [2.24, 2.45) is 23.7 Å². The summed E-state index contributed by atoms with van der Waals surface area (Å²) in [5, 5.41) is 0. The fourth-order valence-corrected chi connectivity index (χ4v) is 4.62. The molecule has 0 aromatic rings. The van der Waals surface area contributed by atoms with Gasteiger partial charge < -0.3 is 0 Å². The summed E-state index contributed by atoms with van der Waals surface area (Å²) in [6.07, 6.45) is 4.45. The van der Waals surface area contributed by atoms with Crippen molar-refractivity contribution in [3.63, 3.8) is 0 Å². The van der Waals surface area contributed by atoms with E-state index < -0.39 is 10.1 Å². The Morgan fingerprint density at radius 3 is 2.62 bits per heavy atom. The second-order valence-electron chi connectivity index (χ2n) is 5.54. The lowest BCUT2D eigenvalue weighted by molar-refractivity contribution is -0.151. The van der Waals surface area contributed by atoms with E-state index in [-0.39, 0.29) is 29.6 Å². The average Bonchev–Trinajstić information content (AvgIpc) is 2.17. The SMILES string of the molecule is CS(=O)(=O)O[C@@H]1[C@H]2C[C@H]3C[C@@H](C2)C(=O)[C@H]1C3. The third-order valence-electron chi connectivity index (χ3n) is 4.34. The minimum atomic E-state index is -3.44. The maximum Gasteiger partial charge on any atom is 0.264 e. The zero-order valence-corrected chi connectivity index (χ0v) is 10.1. The summed E-state index contributed by atoms with van der Waals surface area (Å²) in [7, 11) is -3.44. The molecule has 5 heteroatoms. The van der Waals surface area contributed by atoms with E-state index in [1.165, 1.54) is 0 Å². The molecule has 0 spiro atoms. The van der Waals surface area contributed by atoms with E-state index in [0.717, 1.165) is 31.9 Å². The monoisotopic (exact) mass is 244 g/mol.